The Morgan fingerprint density at radius 2 is 1.89 bits per heavy atom. The second-order valence-corrected chi connectivity index (χ2v) is 8.07. The van der Waals surface area contributed by atoms with Crippen molar-refractivity contribution in [2.24, 2.45) is 0 Å². The van der Waals surface area contributed by atoms with Gasteiger partial charge in [-0.05, 0) is 24.3 Å². The summed E-state index contributed by atoms with van der Waals surface area (Å²) in [5, 5.41) is 1.72. The number of carbonyl (C=O) groups is 1. The van der Waals surface area contributed by atoms with Crippen LogP contribution in [0.1, 0.15) is 22.5 Å². The van der Waals surface area contributed by atoms with Crippen molar-refractivity contribution < 1.29 is 13.2 Å². The molecule has 2 fully saturated rings. The normalized spacial score (nSPS) is 21.6. The van der Waals surface area contributed by atoms with E-state index in [-0.39, 0.29) is 11.2 Å². The third kappa shape index (κ3) is 2.54. The lowest BCUT2D eigenvalue weighted by atomic mass is 10.3. The average Bonchev–Trinajstić information content (AvgIpc) is 3.15. The predicted octanol–water partition coefficient (Wildman–Crippen LogP) is 0.998. The Hall–Kier alpha value is -0.920. The summed E-state index contributed by atoms with van der Waals surface area (Å²) in [6.07, 6.45) is 1.58. The fourth-order valence-corrected chi connectivity index (χ4v) is 4.79. The van der Waals surface area contributed by atoms with Gasteiger partial charge in [0.05, 0.1) is 10.1 Å². The van der Waals surface area contributed by atoms with Crippen molar-refractivity contribution in [3.8, 4) is 0 Å². The summed E-state index contributed by atoms with van der Waals surface area (Å²) >= 11 is 1.42. The summed E-state index contributed by atoms with van der Waals surface area (Å²) < 4.78 is 25.7. The van der Waals surface area contributed by atoms with Crippen LogP contribution in [0.25, 0.3) is 0 Å². The van der Waals surface area contributed by atoms with E-state index >= 15 is 0 Å². The lowest BCUT2D eigenvalue weighted by Gasteiger charge is -2.33. The maximum absolute atomic E-state index is 12.1. The molecule has 0 radical (unpaired) electrons. The quantitative estimate of drug-likeness (QED) is 0.837. The number of nitrogens with zero attached hydrogens (tertiary/aromatic N) is 2. The molecule has 1 aliphatic heterocycles. The Morgan fingerprint density at radius 1 is 1.21 bits per heavy atom. The number of hydrogen-bond donors (Lipinski definition) is 0. The summed E-state index contributed by atoms with van der Waals surface area (Å²) in [5.74, 6) is 0.0125. The number of hydrogen-bond acceptors (Lipinski definition) is 4. The van der Waals surface area contributed by atoms with Gasteiger partial charge in [-0.15, -0.1) is 11.3 Å². The Morgan fingerprint density at radius 3 is 2.42 bits per heavy atom. The zero-order chi connectivity index (χ0) is 13.5. The Bertz CT molecular complexity index is 556. The van der Waals surface area contributed by atoms with E-state index in [9.17, 15) is 13.2 Å². The van der Waals surface area contributed by atoms with Crippen molar-refractivity contribution in [1.29, 1.82) is 0 Å². The van der Waals surface area contributed by atoms with Crippen LogP contribution in [0, 0.1) is 0 Å². The molecule has 1 aromatic rings. The van der Waals surface area contributed by atoms with Gasteiger partial charge in [0.2, 0.25) is 10.0 Å². The summed E-state index contributed by atoms with van der Waals surface area (Å²) in [5.41, 5.74) is 0. The monoisotopic (exact) mass is 300 g/mol. The van der Waals surface area contributed by atoms with Crippen molar-refractivity contribution in [1.82, 2.24) is 9.21 Å². The maximum Gasteiger partial charge on any atom is 0.264 e. The molecule has 19 heavy (non-hydrogen) atoms. The van der Waals surface area contributed by atoms with E-state index in [1.165, 1.54) is 11.3 Å². The summed E-state index contributed by atoms with van der Waals surface area (Å²) in [4.78, 5) is 14.6. The highest BCUT2D eigenvalue weighted by atomic mass is 32.2. The van der Waals surface area contributed by atoms with Crippen LogP contribution in [-0.4, -0.2) is 55.0 Å². The standard InChI is InChI=1S/C12H16N2O3S2/c15-12(11-2-1-9-18-11)13-5-7-14(8-6-13)19(16,17)10-3-4-10/h1-2,9-10H,3-8H2. The van der Waals surface area contributed by atoms with Gasteiger partial charge in [-0.3, -0.25) is 4.79 Å². The molecule has 1 aliphatic carbocycles. The molecule has 0 aromatic carbocycles. The van der Waals surface area contributed by atoms with Crippen LogP contribution < -0.4 is 0 Å². The largest absolute Gasteiger partial charge is 0.335 e. The highest BCUT2D eigenvalue weighted by Crippen LogP contribution is 2.31. The fraction of sp³-hybridized carbons (Fsp3) is 0.583. The molecule has 0 bridgehead atoms. The van der Waals surface area contributed by atoms with E-state index in [1.54, 1.807) is 15.3 Å². The van der Waals surface area contributed by atoms with Crippen LogP contribution in [0.15, 0.2) is 17.5 Å². The zero-order valence-corrected chi connectivity index (χ0v) is 12.1. The van der Waals surface area contributed by atoms with Crippen molar-refractivity contribution in [3.63, 3.8) is 0 Å². The first kappa shape index (κ1) is 13.1. The minimum absolute atomic E-state index is 0.0125. The van der Waals surface area contributed by atoms with Gasteiger partial charge < -0.3 is 4.90 Å². The van der Waals surface area contributed by atoms with E-state index < -0.39 is 10.0 Å². The average molecular weight is 300 g/mol. The number of piperazine rings is 1. The molecule has 3 rings (SSSR count). The fourth-order valence-electron chi connectivity index (χ4n) is 2.28. The SMILES string of the molecule is O=C(c1cccs1)N1CCN(S(=O)(=O)C2CC2)CC1. The van der Waals surface area contributed by atoms with Crippen molar-refractivity contribution >= 4 is 27.3 Å². The number of carbonyl (C=O) groups excluding carboxylic acids is 1. The van der Waals surface area contributed by atoms with E-state index in [4.69, 9.17) is 0 Å². The molecule has 0 spiro atoms. The second kappa shape index (κ2) is 4.88. The van der Waals surface area contributed by atoms with E-state index in [0.29, 0.717) is 26.2 Å². The van der Waals surface area contributed by atoms with Crippen LogP contribution >= 0.6 is 11.3 Å². The summed E-state index contributed by atoms with van der Waals surface area (Å²) in [6.45, 7) is 1.83. The second-order valence-electron chi connectivity index (χ2n) is 4.91. The summed E-state index contributed by atoms with van der Waals surface area (Å²) in [6, 6.07) is 3.66. The van der Waals surface area contributed by atoms with E-state index in [2.05, 4.69) is 0 Å². The third-order valence-electron chi connectivity index (χ3n) is 3.56. The Kier molecular flexibility index (Phi) is 3.36. The van der Waals surface area contributed by atoms with Crippen LogP contribution in [0.5, 0.6) is 0 Å². The van der Waals surface area contributed by atoms with Gasteiger partial charge in [-0.2, -0.15) is 4.31 Å². The van der Waals surface area contributed by atoms with Gasteiger partial charge >= 0.3 is 0 Å². The molecule has 0 N–H and O–H groups in total. The molecule has 0 atom stereocenters. The number of amides is 1. The Labute approximate surface area is 116 Å². The highest BCUT2D eigenvalue weighted by Gasteiger charge is 2.41. The first-order valence-corrected chi connectivity index (χ1v) is 8.79. The molecular formula is C12H16N2O3S2. The molecule has 1 saturated heterocycles. The molecule has 7 heteroatoms. The van der Waals surface area contributed by atoms with E-state index in [0.717, 1.165) is 17.7 Å². The lowest BCUT2D eigenvalue weighted by molar-refractivity contribution is 0.0702. The predicted molar refractivity (Wildman–Crippen MR) is 73.7 cm³/mol. The molecule has 1 saturated carbocycles. The topological polar surface area (TPSA) is 57.7 Å². The van der Waals surface area contributed by atoms with Crippen LogP contribution in [0.2, 0.25) is 0 Å². The van der Waals surface area contributed by atoms with Gasteiger partial charge in [0, 0.05) is 26.2 Å². The van der Waals surface area contributed by atoms with Gasteiger partial charge in [0.25, 0.3) is 5.91 Å². The Balaban J connectivity index is 1.62. The third-order valence-corrected chi connectivity index (χ3v) is 6.82. The number of sulfonamides is 1. The minimum Gasteiger partial charge on any atom is -0.335 e. The first-order valence-electron chi connectivity index (χ1n) is 6.41. The lowest BCUT2D eigenvalue weighted by Crippen LogP contribution is -2.51. The van der Waals surface area contributed by atoms with Gasteiger partial charge in [0.15, 0.2) is 0 Å². The van der Waals surface area contributed by atoms with Crippen molar-refractivity contribution in [2.45, 2.75) is 18.1 Å². The van der Waals surface area contributed by atoms with Crippen molar-refractivity contribution in [2.75, 3.05) is 26.2 Å². The molecule has 104 valence electrons. The van der Waals surface area contributed by atoms with Gasteiger partial charge in [-0.25, -0.2) is 8.42 Å². The molecular weight excluding hydrogens is 284 g/mol. The summed E-state index contributed by atoms with van der Waals surface area (Å²) in [7, 11) is -3.09. The van der Waals surface area contributed by atoms with Crippen LogP contribution in [0.4, 0.5) is 0 Å². The number of thiophene rings is 1. The smallest absolute Gasteiger partial charge is 0.264 e. The van der Waals surface area contributed by atoms with E-state index in [1.807, 2.05) is 11.4 Å². The van der Waals surface area contributed by atoms with Gasteiger partial charge in [-0.1, -0.05) is 6.07 Å². The minimum atomic E-state index is -3.09. The first-order chi connectivity index (χ1) is 9.09. The zero-order valence-electron chi connectivity index (χ0n) is 10.5. The highest BCUT2D eigenvalue weighted by molar-refractivity contribution is 7.90. The van der Waals surface area contributed by atoms with Gasteiger partial charge in [0.1, 0.15) is 0 Å². The van der Waals surface area contributed by atoms with Crippen LogP contribution in [-0.2, 0) is 10.0 Å². The number of rotatable bonds is 3. The molecule has 1 amide bonds. The molecule has 1 aromatic heterocycles. The molecule has 5 nitrogen and oxygen atoms in total. The van der Waals surface area contributed by atoms with Crippen LogP contribution in [0.3, 0.4) is 0 Å². The molecule has 2 heterocycles. The van der Waals surface area contributed by atoms with Crippen molar-refractivity contribution in [3.05, 3.63) is 22.4 Å². The maximum atomic E-state index is 12.1. The molecule has 0 unspecified atom stereocenters. The molecule has 2 aliphatic rings.